The second-order valence-corrected chi connectivity index (χ2v) is 3.46. The minimum Gasteiger partial charge on any atom is -0.385 e. The SMILES string of the molecule is C#CCN1C(=O)N=C(N)C1c1ccccc1. The van der Waals surface area contributed by atoms with Crippen LogP contribution in [0.4, 0.5) is 4.79 Å². The number of amidine groups is 1. The first-order valence-corrected chi connectivity index (χ1v) is 4.87. The van der Waals surface area contributed by atoms with Crippen LogP contribution in [0.2, 0.25) is 0 Å². The predicted molar refractivity (Wildman–Crippen MR) is 61.7 cm³/mol. The minimum absolute atomic E-state index is 0.211. The maximum absolute atomic E-state index is 11.5. The van der Waals surface area contributed by atoms with Gasteiger partial charge in [0.2, 0.25) is 0 Å². The molecule has 16 heavy (non-hydrogen) atoms. The van der Waals surface area contributed by atoms with E-state index in [4.69, 9.17) is 12.2 Å². The van der Waals surface area contributed by atoms with Crippen molar-refractivity contribution >= 4 is 11.9 Å². The highest BCUT2D eigenvalue weighted by Crippen LogP contribution is 2.25. The lowest BCUT2D eigenvalue weighted by atomic mass is 10.1. The molecular weight excluding hydrogens is 202 g/mol. The molecule has 0 radical (unpaired) electrons. The molecule has 4 heteroatoms. The number of nitrogens with two attached hydrogens (primary N) is 1. The Bertz CT molecular complexity index is 473. The third-order valence-electron chi connectivity index (χ3n) is 2.44. The monoisotopic (exact) mass is 213 g/mol. The van der Waals surface area contributed by atoms with Crippen LogP contribution in [0.5, 0.6) is 0 Å². The van der Waals surface area contributed by atoms with Crippen LogP contribution >= 0.6 is 0 Å². The number of hydrogen-bond acceptors (Lipinski definition) is 2. The zero-order valence-electron chi connectivity index (χ0n) is 8.63. The zero-order chi connectivity index (χ0) is 11.5. The summed E-state index contributed by atoms with van der Waals surface area (Å²) in [6, 6.07) is 8.77. The Morgan fingerprint density at radius 3 is 2.75 bits per heavy atom. The number of aliphatic imine (C=N–C) groups is 1. The molecule has 1 aliphatic rings. The lowest BCUT2D eigenvalue weighted by molar-refractivity contribution is 0.213. The Morgan fingerprint density at radius 1 is 1.44 bits per heavy atom. The number of nitrogens with zero attached hydrogens (tertiary/aromatic N) is 2. The second kappa shape index (κ2) is 4.07. The molecule has 0 aliphatic carbocycles. The van der Waals surface area contributed by atoms with Crippen molar-refractivity contribution in [1.29, 1.82) is 0 Å². The molecule has 2 N–H and O–H groups in total. The molecule has 0 fully saturated rings. The van der Waals surface area contributed by atoms with E-state index in [1.807, 2.05) is 30.3 Å². The van der Waals surface area contributed by atoms with Crippen molar-refractivity contribution in [2.75, 3.05) is 6.54 Å². The third-order valence-corrected chi connectivity index (χ3v) is 2.44. The molecule has 0 aromatic heterocycles. The molecule has 1 unspecified atom stereocenters. The van der Waals surface area contributed by atoms with E-state index in [0.717, 1.165) is 5.56 Å². The second-order valence-electron chi connectivity index (χ2n) is 3.46. The van der Waals surface area contributed by atoms with Gasteiger partial charge >= 0.3 is 6.03 Å². The summed E-state index contributed by atoms with van der Waals surface area (Å²) in [5, 5.41) is 0. The maximum Gasteiger partial charge on any atom is 0.346 e. The fourth-order valence-corrected chi connectivity index (χ4v) is 1.75. The Morgan fingerprint density at radius 2 is 2.12 bits per heavy atom. The zero-order valence-corrected chi connectivity index (χ0v) is 8.63. The predicted octanol–water partition coefficient (Wildman–Crippen LogP) is 1.15. The minimum atomic E-state index is -0.371. The normalized spacial score (nSPS) is 19.4. The molecule has 4 nitrogen and oxygen atoms in total. The van der Waals surface area contributed by atoms with Crippen LogP contribution in [0.25, 0.3) is 0 Å². The van der Waals surface area contributed by atoms with Gasteiger partial charge in [-0.25, -0.2) is 4.79 Å². The van der Waals surface area contributed by atoms with E-state index in [9.17, 15) is 4.79 Å². The molecule has 2 rings (SSSR count). The number of benzene rings is 1. The number of hydrogen-bond donors (Lipinski definition) is 1. The molecule has 1 aliphatic heterocycles. The summed E-state index contributed by atoms with van der Waals surface area (Å²) in [7, 11) is 0. The maximum atomic E-state index is 11.5. The van der Waals surface area contributed by atoms with Crippen LogP contribution in [-0.2, 0) is 0 Å². The summed E-state index contributed by atoms with van der Waals surface area (Å²) in [6.07, 6.45) is 5.22. The first-order chi connectivity index (χ1) is 7.74. The van der Waals surface area contributed by atoms with E-state index < -0.39 is 0 Å². The van der Waals surface area contributed by atoms with Gasteiger partial charge in [-0.05, 0) is 5.56 Å². The number of terminal acetylenes is 1. The Kier molecular flexibility index (Phi) is 2.61. The molecule has 1 aromatic carbocycles. The van der Waals surface area contributed by atoms with Crippen molar-refractivity contribution in [2.45, 2.75) is 6.04 Å². The van der Waals surface area contributed by atoms with Crippen molar-refractivity contribution < 1.29 is 4.79 Å². The lowest BCUT2D eigenvalue weighted by Gasteiger charge is -2.22. The third kappa shape index (κ3) is 1.63. The molecule has 80 valence electrons. The van der Waals surface area contributed by atoms with Crippen LogP contribution in [0.3, 0.4) is 0 Å². The average Bonchev–Trinajstić information content (AvgIpc) is 2.56. The summed E-state index contributed by atoms with van der Waals surface area (Å²) >= 11 is 0. The van der Waals surface area contributed by atoms with Gasteiger partial charge in [-0.15, -0.1) is 6.42 Å². The molecule has 0 bridgehead atoms. The molecule has 0 saturated heterocycles. The van der Waals surface area contributed by atoms with Crippen LogP contribution in [0.15, 0.2) is 35.3 Å². The topological polar surface area (TPSA) is 58.7 Å². The first kappa shape index (κ1) is 10.2. The summed E-state index contributed by atoms with van der Waals surface area (Å²) in [4.78, 5) is 16.7. The highest BCUT2D eigenvalue weighted by molar-refractivity contribution is 6.03. The first-order valence-electron chi connectivity index (χ1n) is 4.87. The lowest BCUT2D eigenvalue weighted by Crippen LogP contribution is -2.33. The van der Waals surface area contributed by atoms with E-state index in [1.165, 1.54) is 4.90 Å². The van der Waals surface area contributed by atoms with Crippen molar-refractivity contribution in [3.05, 3.63) is 35.9 Å². The molecule has 1 aromatic rings. The summed E-state index contributed by atoms with van der Waals surface area (Å²) in [5.74, 6) is 2.73. The van der Waals surface area contributed by atoms with Crippen LogP contribution in [0.1, 0.15) is 11.6 Å². The standard InChI is InChI=1S/C12H11N3O/c1-2-8-15-10(11(13)14-12(15)16)9-6-4-3-5-7-9/h1,3-7,10H,8H2,(H2,13,14,16). The highest BCUT2D eigenvalue weighted by Gasteiger charge is 2.33. The van der Waals surface area contributed by atoms with E-state index in [2.05, 4.69) is 10.9 Å². The summed E-state index contributed by atoms with van der Waals surface area (Å²) in [6.45, 7) is 0.211. The fraction of sp³-hybridized carbons (Fsp3) is 0.167. The molecule has 2 amide bonds. The molecule has 0 spiro atoms. The molecule has 0 saturated carbocycles. The van der Waals surface area contributed by atoms with Crippen LogP contribution < -0.4 is 5.73 Å². The molecule has 1 atom stereocenters. The largest absolute Gasteiger partial charge is 0.385 e. The van der Waals surface area contributed by atoms with Gasteiger partial charge in [-0.1, -0.05) is 36.3 Å². The smallest absolute Gasteiger partial charge is 0.346 e. The van der Waals surface area contributed by atoms with Gasteiger partial charge in [-0.2, -0.15) is 4.99 Å². The molecule has 1 heterocycles. The van der Waals surface area contributed by atoms with E-state index >= 15 is 0 Å². The van der Waals surface area contributed by atoms with Crippen LogP contribution in [-0.4, -0.2) is 23.3 Å². The van der Waals surface area contributed by atoms with Crippen molar-refractivity contribution in [1.82, 2.24) is 4.90 Å². The number of urea groups is 1. The van der Waals surface area contributed by atoms with E-state index in [1.54, 1.807) is 0 Å². The van der Waals surface area contributed by atoms with Gasteiger partial charge in [0.15, 0.2) is 0 Å². The van der Waals surface area contributed by atoms with Crippen LogP contribution in [0, 0.1) is 12.3 Å². The Labute approximate surface area is 93.8 Å². The quantitative estimate of drug-likeness (QED) is 0.749. The van der Waals surface area contributed by atoms with Gasteiger partial charge in [0.05, 0.1) is 6.54 Å². The Balaban J connectivity index is 2.36. The summed E-state index contributed by atoms with van der Waals surface area (Å²) < 4.78 is 0. The van der Waals surface area contributed by atoms with Crippen molar-refractivity contribution in [3.63, 3.8) is 0 Å². The van der Waals surface area contributed by atoms with Crippen molar-refractivity contribution in [3.8, 4) is 12.3 Å². The fourth-order valence-electron chi connectivity index (χ4n) is 1.75. The molecular formula is C12H11N3O. The van der Waals surface area contributed by atoms with E-state index in [0.29, 0.717) is 5.84 Å². The van der Waals surface area contributed by atoms with Gasteiger partial charge in [0.1, 0.15) is 11.9 Å². The highest BCUT2D eigenvalue weighted by atomic mass is 16.2. The van der Waals surface area contributed by atoms with Gasteiger partial charge in [0, 0.05) is 0 Å². The summed E-state index contributed by atoms with van der Waals surface area (Å²) in [5.41, 5.74) is 6.66. The number of carbonyl (C=O) groups is 1. The number of amides is 2. The van der Waals surface area contributed by atoms with Gasteiger partial charge < -0.3 is 5.73 Å². The number of rotatable bonds is 2. The number of carbonyl (C=O) groups excluding carboxylic acids is 1. The van der Waals surface area contributed by atoms with Crippen molar-refractivity contribution in [2.24, 2.45) is 10.7 Å². The Hall–Kier alpha value is -2.28. The van der Waals surface area contributed by atoms with E-state index in [-0.39, 0.29) is 18.6 Å². The van der Waals surface area contributed by atoms with Gasteiger partial charge in [-0.3, -0.25) is 4.90 Å². The average molecular weight is 213 g/mol. The van der Waals surface area contributed by atoms with Gasteiger partial charge in [0.25, 0.3) is 0 Å².